The van der Waals surface area contributed by atoms with Crippen LogP contribution in [0, 0.1) is 0 Å². The van der Waals surface area contributed by atoms with Crippen LogP contribution >= 0.6 is 11.6 Å². The molecule has 0 aliphatic carbocycles. The van der Waals surface area contributed by atoms with Crippen molar-refractivity contribution in [1.82, 2.24) is 4.98 Å². The fourth-order valence-electron chi connectivity index (χ4n) is 2.00. The summed E-state index contributed by atoms with van der Waals surface area (Å²) in [7, 11) is 1.68. The Morgan fingerprint density at radius 3 is 2.53 bits per heavy atom. The maximum absolute atomic E-state index is 13.0. The van der Waals surface area contributed by atoms with E-state index in [4.69, 9.17) is 11.6 Å². The molecule has 0 unspecified atom stereocenters. The number of nitrogens with one attached hydrogen (secondary N) is 1. The summed E-state index contributed by atoms with van der Waals surface area (Å²) in [6, 6.07) is 3.72. The first-order chi connectivity index (χ1) is 8.88. The van der Waals surface area contributed by atoms with Crippen molar-refractivity contribution in [2.24, 2.45) is 0 Å². The maximum Gasteiger partial charge on any atom is 0.417 e. The second kappa shape index (κ2) is 4.89. The molecule has 0 spiro atoms. The molecule has 102 valence electrons. The van der Waals surface area contributed by atoms with Crippen molar-refractivity contribution >= 4 is 28.3 Å². The van der Waals surface area contributed by atoms with Crippen LogP contribution in [0.2, 0.25) is 5.02 Å². The molecule has 0 fully saturated rings. The van der Waals surface area contributed by atoms with Crippen molar-refractivity contribution in [3.8, 4) is 0 Å². The number of aryl methyl sites for hydroxylation is 1. The summed E-state index contributed by atoms with van der Waals surface area (Å²) in [4.78, 5) is 4.20. The third-order valence-electron chi connectivity index (χ3n) is 2.94. The van der Waals surface area contributed by atoms with Gasteiger partial charge in [0.05, 0.1) is 16.1 Å². The number of hydrogen-bond donors (Lipinski definition) is 1. The van der Waals surface area contributed by atoms with Crippen molar-refractivity contribution in [3.63, 3.8) is 0 Å². The minimum Gasteiger partial charge on any atom is -0.373 e. The lowest BCUT2D eigenvalue weighted by atomic mass is 10.0. The first-order valence-electron chi connectivity index (χ1n) is 5.75. The van der Waals surface area contributed by atoms with Gasteiger partial charge in [0.2, 0.25) is 0 Å². The van der Waals surface area contributed by atoms with Gasteiger partial charge in [-0.15, -0.1) is 0 Å². The normalized spacial score (nSPS) is 11.9. The van der Waals surface area contributed by atoms with Crippen LogP contribution in [-0.2, 0) is 12.6 Å². The molecule has 0 saturated carbocycles. The van der Waals surface area contributed by atoms with Crippen LogP contribution in [0.1, 0.15) is 18.1 Å². The smallest absolute Gasteiger partial charge is 0.373 e. The number of rotatable bonds is 2. The highest BCUT2D eigenvalue weighted by Gasteiger charge is 2.33. The molecule has 0 aliphatic heterocycles. The summed E-state index contributed by atoms with van der Waals surface area (Å²) in [6.07, 6.45) is -3.83. The summed E-state index contributed by atoms with van der Waals surface area (Å²) < 4.78 is 38.9. The molecule has 0 bridgehead atoms. The van der Waals surface area contributed by atoms with Crippen LogP contribution in [0.15, 0.2) is 18.2 Å². The molecule has 2 nitrogen and oxygen atoms in total. The number of fused-ring (bicyclic) bond motifs is 1. The fourth-order valence-corrected chi connectivity index (χ4v) is 2.21. The van der Waals surface area contributed by atoms with E-state index in [1.165, 1.54) is 12.1 Å². The summed E-state index contributed by atoms with van der Waals surface area (Å²) in [5.41, 5.74) is 0.178. The van der Waals surface area contributed by atoms with Gasteiger partial charge < -0.3 is 5.32 Å². The van der Waals surface area contributed by atoms with Crippen molar-refractivity contribution in [1.29, 1.82) is 0 Å². The van der Waals surface area contributed by atoms with E-state index in [9.17, 15) is 13.2 Å². The Labute approximate surface area is 113 Å². The predicted molar refractivity (Wildman–Crippen MR) is 70.7 cm³/mol. The second-order valence-corrected chi connectivity index (χ2v) is 4.50. The standard InChI is InChI=1S/C13H12ClF3N2/c1-3-7-6-8-9(13(15,16)17)4-5-10(14)11(8)19-12(7)18-2/h4-6H,3H2,1-2H3,(H,18,19). The molecule has 19 heavy (non-hydrogen) atoms. The maximum atomic E-state index is 13.0. The van der Waals surface area contributed by atoms with Crippen LogP contribution in [0.4, 0.5) is 19.0 Å². The average Bonchev–Trinajstić information content (AvgIpc) is 2.36. The average molecular weight is 289 g/mol. The van der Waals surface area contributed by atoms with Crippen LogP contribution in [0.25, 0.3) is 10.9 Å². The molecule has 2 aromatic rings. The largest absolute Gasteiger partial charge is 0.417 e. The topological polar surface area (TPSA) is 24.9 Å². The number of aromatic nitrogens is 1. The molecule has 0 amide bonds. The minimum atomic E-state index is -4.42. The number of pyridine rings is 1. The summed E-state index contributed by atoms with van der Waals surface area (Å²) >= 11 is 5.95. The van der Waals surface area contributed by atoms with E-state index in [0.29, 0.717) is 12.2 Å². The fraction of sp³-hybridized carbons (Fsp3) is 0.308. The molecular formula is C13H12ClF3N2. The van der Waals surface area contributed by atoms with Gasteiger partial charge in [-0.2, -0.15) is 13.2 Å². The van der Waals surface area contributed by atoms with Crippen molar-refractivity contribution in [3.05, 3.63) is 34.3 Å². The lowest BCUT2D eigenvalue weighted by Gasteiger charge is -2.14. The molecule has 0 saturated heterocycles. The van der Waals surface area contributed by atoms with Gasteiger partial charge in [-0.05, 0) is 30.2 Å². The summed E-state index contributed by atoms with van der Waals surface area (Å²) in [5.74, 6) is 0.552. The quantitative estimate of drug-likeness (QED) is 0.879. The van der Waals surface area contributed by atoms with Crippen LogP contribution in [-0.4, -0.2) is 12.0 Å². The number of benzene rings is 1. The Morgan fingerprint density at radius 1 is 1.32 bits per heavy atom. The molecule has 2 rings (SSSR count). The van der Waals surface area contributed by atoms with Gasteiger partial charge >= 0.3 is 6.18 Å². The number of halogens is 4. The van der Waals surface area contributed by atoms with Crippen LogP contribution in [0.5, 0.6) is 0 Å². The Hall–Kier alpha value is -1.49. The third kappa shape index (κ3) is 2.47. The zero-order valence-corrected chi connectivity index (χ0v) is 11.2. The minimum absolute atomic E-state index is 0.0378. The predicted octanol–water partition coefficient (Wildman–Crippen LogP) is 4.51. The molecule has 0 atom stereocenters. The Balaban J connectivity index is 2.85. The summed E-state index contributed by atoms with van der Waals surface area (Å²) in [6.45, 7) is 1.86. The molecule has 1 heterocycles. The highest BCUT2D eigenvalue weighted by atomic mass is 35.5. The number of anilines is 1. The second-order valence-electron chi connectivity index (χ2n) is 4.09. The monoisotopic (exact) mass is 288 g/mol. The molecule has 1 N–H and O–H groups in total. The van der Waals surface area contributed by atoms with E-state index in [2.05, 4.69) is 10.3 Å². The van der Waals surface area contributed by atoms with Crippen LogP contribution < -0.4 is 5.32 Å². The van der Waals surface area contributed by atoms with E-state index in [0.717, 1.165) is 11.6 Å². The zero-order valence-electron chi connectivity index (χ0n) is 10.4. The number of hydrogen-bond acceptors (Lipinski definition) is 2. The van der Waals surface area contributed by atoms with Gasteiger partial charge in [0.15, 0.2) is 0 Å². The molecule has 0 aliphatic rings. The van der Waals surface area contributed by atoms with Gasteiger partial charge in [-0.25, -0.2) is 4.98 Å². The Kier molecular flexibility index (Phi) is 3.58. The Bertz CT molecular complexity index is 623. The lowest BCUT2D eigenvalue weighted by Crippen LogP contribution is -2.07. The van der Waals surface area contributed by atoms with E-state index in [1.54, 1.807) is 7.05 Å². The van der Waals surface area contributed by atoms with E-state index in [1.807, 2.05) is 6.92 Å². The molecular weight excluding hydrogens is 277 g/mol. The highest BCUT2D eigenvalue weighted by molar-refractivity contribution is 6.35. The zero-order chi connectivity index (χ0) is 14.2. The van der Waals surface area contributed by atoms with Gasteiger partial charge in [0.1, 0.15) is 5.82 Å². The van der Waals surface area contributed by atoms with Gasteiger partial charge in [0, 0.05) is 12.4 Å². The van der Waals surface area contributed by atoms with E-state index in [-0.39, 0.29) is 15.9 Å². The number of alkyl halides is 3. The number of nitrogens with zero attached hydrogens (tertiary/aromatic N) is 1. The van der Waals surface area contributed by atoms with Crippen molar-refractivity contribution < 1.29 is 13.2 Å². The molecule has 0 radical (unpaired) electrons. The van der Waals surface area contributed by atoms with Crippen molar-refractivity contribution in [2.75, 3.05) is 12.4 Å². The first-order valence-corrected chi connectivity index (χ1v) is 6.13. The molecule has 1 aromatic carbocycles. The van der Waals surface area contributed by atoms with Gasteiger partial charge in [-0.1, -0.05) is 18.5 Å². The lowest BCUT2D eigenvalue weighted by molar-refractivity contribution is -0.136. The van der Waals surface area contributed by atoms with Crippen molar-refractivity contribution in [2.45, 2.75) is 19.5 Å². The SMILES string of the molecule is CCc1cc2c(C(F)(F)F)ccc(Cl)c2nc1NC. The third-order valence-corrected chi connectivity index (χ3v) is 3.24. The summed E-state index contributed by atoms with van der Waals surface area (Å²) in [5, 5.41) is 3.12. The first kappa shape index (κ1) is 13.9. The Morgan fingerprint density at radius 2 is 2.00 bits per heavy atom. The van der Waals surface area contributed by atoms with E-state index < -0.39 is 11.7 Å². The molecule has 1 aromatic heterocycles. The van der Waals surface area contributed by atoms with E-state index >= 15 is 0 Å². The highest BCUT2D eigenvalue weighted by Crippen LogP contribution is 2.38. The molecule has 6 heteroatoms. The van der Waals surface area contributed by atoms with Gasteiger partial charge in [0.25, 0.3) is 0 Å². The van der Waals surface area contributed by atoms with Gasteiger partial charge in [-0.3, -0.25) is 0 Å². The van der Waals surface area contributed by atoms with Crippen LogP contribution in [0.3, 0.4) is 0 Å².